The number of benzene rings is 2. The van der Waals surface area contributed by atoms with Crippen LogP contribution in [0, 0.1) is 0 Å². The number of aromatic amines is 2. The molecule has 4 heterocycles. The highest BCUT2D eigenvalue weighted by Gasteiger charge is 2.19. The minimum atomic E-state index is 0.178. The molecule has 0 amide bonds. The van der Waals surface area contributed by atoms with E-state index in [4.69, 9.17) is 0 Å². The molecule has 1 fully saturated rings. The first-order chi connectivity index (χ1) is 16.2. The molecular weight excluding hydrogens is 408 g/mol. The number of H-pyrrole nitrogens is 2. The fourth-order valence-corrected chi connectivity index (χ4v) is 4.75. The average molecular weight is 437 g/mol. The third kappa shape index (κ3) is 4.03. The molecule has 4 aromatic rings. The van der Waals surface area contributed by atoms with Crippen LogP contribution < -0.4 is 10.6 Å². The highest BCUT2D eigenvalue weighted by Crippen LogP contribution is 2.29. The lowest BCUT2D eigenvalue weighted by Gasteiger charge is -2.07. The minimum absolute atomic E-state index is 0.178. The molecule has 1 saturated heterocycles. The second-order valence-electron chi connectivity index (χ2n) is 9.04. The molecule has 0 spiro atoms. The summed E-state index contributed by atoms with van der Waals surface area (Å²) in [7, 11) is 0. The van der Waals surface area contributed by atoms with E-state index in [0.29, 0.717) is 6.04 Å². The van der Waals surface area contributed by atoms with Crippen LogP contribution in [0.1, 0.15) is 43.5 Å². The highest BCUT2D eigenvalue weighted by molar-refractivity contribution is 5.71. The summed E-state index contributed by atoms with van der Waals surface area (Å²) in [5.74, 6) is 2.01. The number of rotatable bonds is 5. The Balaban J connectivity index is 1.17. The Morgan fingerprint density at radius 3 is 1.85 bits per heavy atom. The first-order valence-corrected chi connectivity index (χ1v) is 11.7. The fraction of sp³-hybridized carbons (Fsp3) is 0.259. The first kappa shape index (κ1) is 20.1. The van der Waals surface area contributed by atoms with Crippen LogP contribution in [0.4, 0.5) is 0 Å². The second kappa shape index (κ2) is 8.46. The van der Waals surface area contributed by atoms with E-state index in [0.717, 1.165) is 53.7 Å². The van der Waals surface area contributed by atoms with E-state index in [2.05, 4.69) is 92.1 Å². The smallest absolute Gasteiger partial charge is 0.127 e. The van der Waals surface area contributed by atoms with Gasteiger partial charge in [0.1, 0.15) is 11.6 Å². The third-order valence-corrected chi connectivity index (χ3v) is 6.65. The maximum atomic E-state index is 4.59. The Kier molecular flexibility index (Phi) is 5.17. The van der Waals surface area contributed by atoms with E-state index in [1.54, 1.807) is 0 Å². The molecule has 0 saturated carbocycles. The van der Waals surface area contributed by atoms with Gasteiger partial charge in [-0.15, -0.1) is 0 Å². The normalized spacial score (nSPS) is 20.3. The van der Waals surface area contributed by atoms with Gasteiger partial charge in [-0.25, -0.2) is 9.97 Å². The average Bonchev–Trinajstić information content (AvgIpc) is 3.66. The Morgan fingerprint density at radius 1 is 0.727 bits per heavy atom. The lowest BCUT2D eigenvalue weighted by atomic mass is 10.0. The Morgan fingerprint density at radius 2 is 1.30 bits per heavy atom. The number of aromatic nitrogens is 4. The molecule has 2 atom stereocenters. The quantitative estimate of drug-likeness (QED) is 0.326. The number of nitrogens with one attached hydrogen (secondary N) is 4. The SMILES string of the molecule is CC1=CC(c2ncc(-c3ccc(-c4ccc(-c5cnc(C6CCCN6)[nH]5)cc4)cc3)[nH]2)NC1. The Bertz CT molecular complexity index is 1270. The molecule has 166 valence electrons. The van der Waals surface area contributed by atoms with Crippen molar-refractivity contribution in [3.8, 4) is 33.6 Å². The van der Waals surface area contributed by atoms with Crippen molar-refractivity contribution in [1.29, 1.82) is 0 Å². The van der Waals surface area contributed by atoms with E-state index in [-0.39, 0.29) is 6.04 Å². The van der Waals surface area contributed by atoms with E-state index < -0.39 is 0 Å². The molecule has 6 nitrogen and oxygen atoms in total. The summed E-state index contributed by atoms with van der Waals surface area (Å²) < 4.78 is 0. The molecule has 6 heteroatoms. The molecule has 33 heavy (non-hydrogen) atoms. The summed E-state index contributed by atoms with van der Waals surface area (Å²) in [5, 5.41) is 6.95. The largest absolute Gasteiger partial charge is 0.341 e. The standard InChI is InChI=1S/C27H28N6/c1-17-13-23(29-14-17)27-31-16-25(33-27)21-10-6-19(7-11-21)18-4-8-20(9-5-18)24-15-30-26(32-24)22-3-2-12-28-22/h4-11,13,15-16,22-23,28-29H,2-3,12,14H2,1H3,(H,30,32)(H,31,33). The molecule has 2 aliphatic rings. The zero-order valence-electron chi connectivity index (χ0n) is 18.7. The molecule has 0 aliphatic carbocycles. The van der Waals surface area contributed by atoms with Crippen LogP contribution >= 0.6 is 0 Å². The minimum Gasteiger partial charge on any atom is -0.341 e. The van der Waals surface area contributed by atoms with Crippen LogP contribution in [0.15, 0.2) is 72.6 Å². The van der Waals surface area contributed by atoms with Crippen LogP contribution in [0.2, 0.25) is 0 Å². The molecule has 2 aromatic heterocycles. The lowest BCUT2D eigenvalue weighted by molar-refractivity contribution is 0.613. The number of hydrogen-bond donors (Lipinski definition) is 4. The molecule has 2 aromatic carbocycles. The van der Waals surface area contributed by atoms with E-state index in [9.17, 15) is 0 Å². The van der Waals surface area contributed by atoms with Crippen molar-refractivity contribution in [2.75, 3.05) is 13.1 Å². The van der Waals surface area contributed by atoms with Crippen LogP contribution in [0.25, 0.3) is 33.6 Å². The van der Waals surface area contributed by atoms with Crippen LogP contribution in [0.5, 0.6) is 0 Å². The van der Waals surface area contributed by atoms with Crippen molar-refractivity contribution in [2.24, 2.45) is 0 Å². The summed E-state index contributed by atoms with van der Waals surface area (Å²) in [5.41, 5.74) is 8.15. The van der Waals surface area contributed by atoms with Crippen LogP contribution in [-0.4, -0.2) is 33.0 Å². The van der Waals surface area contributed by atoms with E-state index in [1.165, 1.54) is 23.1 Å². The predicted molar refractivity (Wildman–Crippen MR) is 132 cm³/mol. The van der Waals surface area contributed by atoms with Gasteiger partial charge in [-0.3, -0.25) is 0 Å². The predicted octanol–water partition coefficient (Wildman–Crippen LogP) is 5.15. The molecule has 4 N–H and O–H groups in total. The molecule has 0 bridgehead atoms. The second-order valence-corrected chi connectivity index (χ2v) is 9.04. The van der Waals surface area contributed by atoms with Gasteiger partial charge >= 0.3 is 0 Å². The van der Waals surface area contributed by atoms with Gasteiger partial charge in [0.2, 0.25) is 0 Å². The number of imidazole rings is 2. The molecule has 2 aliphatic heterocycles. The van der Waals surface area contributed by atoms with Crippen molar-refractivity contribution in [3.63, 3.8) is 0 Å². The molecular formula is C27H28N6. The monoisotopic (exact) mass is 436 g/mol. The summed E-state index contributed by atoms with van der Waals surface area (Å²) >= 11 is 0. The van der Waals surface area contributed by atoms with E-state index in [1.807, 2.05) is 12.4 Å². The maximum absolute atomic E-state index is 4.59. The summed E-state index contributed by atoms with van der Waals surface area (Å²) in [6.07, 6.45) is 8.45. The van der Waals surface area contributed by atoms with Gasteiger partial charge in [0.25, 0.3) is 0 Å². The van der Waals surface area contributed by atoms with Crippen molar-refractivity contribution in [2.45, 2.75) is 31.8 Å². The van der Waals surface area contributed by atoms with E-state index >= 15 is 0 Å². The zero-order valence-corrected chi connectivity index (χ0v) is 18.7. The first-order valence-electron chi connectivity index (χ1n) is 11.7. The molecule has 6 rings (SSSR count). The highest BCUT2D eigenvalue weighted by atomic mass is 15.0. The summed E-state index contributed by atoms with van der Waals surface area (Å²) in [6.45, 7) is 4.14. The van der Waals surface area contributed by atoms with Gasteiger partial charge in [-0.05, 0) is 48.6 Å². The Hall–Kier alpha value is -3.48. The Labute approximate surface area is 193 Å². The number of nitrogens with zero attached hydrogens (tertiary/aromatic N) is 2. The molecule has 2 unspecified atom stereocenters. The van der Waals surface area contributed by atoms with Gasteiger partial charge < -0.3 is 20.6 Å². The zero-order chi connectivity index (χ0) is 22.2. The van der Waals surface area contributed by atoms with Crippen LogP contribution in [0.3, 0.4) is 0 Å². The van der Waals surface area contributed by atoms with Gasteiger partial charge in [0, 0.05) is 6.54 Å². The van der Waals surface area contributed by atoms with Crippen LogP contribution in [-0.2, 0) is 0 Å². The summed E-state index contributed by atoms with van der Waals surface area (Å²) in [6, 6.07) is 17.8. The topological polar surface area (TPSA) is 81.4 Å². The maximum Gasteiger partial charge on any atom is 0.127 e. The van der Waals surface area contributed by atoms with Crippen molar-refractivity contribution in [3.05, 3.63) is 84.2 Å². The van der Waals surface area contributed by atoms with Gasteiger partial charge in [-0.1, -0.05) is 60.2 Å². The van der Waals surface area contributed by atoms with Gasteiger partial charge in [0.15, 0.2) is 0 Å². The van der Waals surface area contributed by atoms with Crippen molar-refractivity contribution < 1.29 is 0 Å². The number of hydrogen-bond acceptors (Lipinski definition) is 4. The molecule has 0 radical (unpaired) electrons. The summed E-state index contributed by atoms with van der Waals surface area (Å²) in [4.78, 5) is 16.1. The van der Waals surface area contributed by atoms with Gasteiger partial charge in [-0.2, -0.15) is 0 Å². The van der Waals surface area contributed by atoms with Crippen molar-refractivity contribution in [1.82, 2.24) is 30.6 Å². The third-order valence-electron chi connectivity index (χ3n) is 6.65. The van der Waals surface area contributed by atoms with Gasteiger partial charge in [0.05, 0.1) is 35.9 Å². The fourth-order valence-electron chi connectivity index (χ4n) is 4.75. The van der Waals surface area contributed by atoms with Crippen molar-refractivity contribution >= 4 is 0 Å². The lowest BCUT2D eigenvalue weighted by Crippen LogP contribution is -2.15.